The minimum Gasteiger partial charge on any atom is -0.309 e. The van der Waals surface area contributed by atoms with E-state index < -0.39 is 0 Å². The number of hydrogen-bond donors (Lipinski definition) is 1. The van der Waals surface area contributed by atoms with Gasteiger partial charge < -0.3 is 9.88 Å². The fourth-order valence-corrected chi connectivity index (χ4v) is 3.06. The molecule has 0 bridgehead atoms. The maximum Gasteiger partial charge on any atom is 0.0991 e. The highest BCUT2D eigenvalue weighted by Crippen LogP contribution is 2.44. The van der Waals surface area contributed by atoms with Gasteiger partial charge in [0.2, 0.25) is 0 Å². The van der Waals surface area contributed by atoms with Crippen molar-refractivity contribution in [3.05, 3.63) is 48.5 Å². The van der Waals surface area contributed by atoms with Gasteiger partial charge in [0.25, 0.3) is 0 Å². The van der Waals surface area contributed by atoms with E-state index >= 15 is 0 Å². The van der Waals surface area contributed by atoms with Gasteiger partial charge in [-0.15, -0.1) is 0 Å². The molecule has 1 aromatic heterocycles. The Hall–Kier alpha value is -1.61. The molecule has 3 nitrogen and oxygen atoms in total. The molecule has 0 radical (unpaired) electrons. The molecule has 0 saturated heterocycles. The van der Waals surface area contributed by atoms with Crippen molar-refractivity contribution in [2.45, 2.75) is 38.3 Å². The Balaban J connectivity index is 1.39. The van der Waals surface area contributed by atoms with Crippen molar-refractivity contribution in [3.8, 4) is 5.69 Å². The third-order valence-corrected chi connectivity index (χ3v) is 4.54. The normalized spacial score (nSPS) is 18.6. The van der Waals surface area contributed by atoms with Crippen molar-refractivity contribution < 1.29 is 0 Å². The standard InChI is InChI=1S/C17H21N3/c1-7-16(20-10-9-18-12-20)8-2-13(1)11-19-17(14-3-4-14)15-5-6-15/h1-2,7-10,12,14-15,17,19H,3-6,11H2. The lowest BCUT2D eigenvalue weighted by Gasteiger charge is -2.17. The predicted octanol–water partition coefficient (Wildman–Crippen LogP) is 3.15. The molecule has 0 unspecified atom stereocenters. The molecular formula is C17H21N3. The molecule has 2 saturated carbocycles. The largest absolute Gasteiger partial charge is 0.309 e. The van der Waals surface area contributed by atoms with Crippen LogP contribution in [0.2, 0.25) is 0 Å². The summed E-state index contributed by atoms with van der Waals surface area (Å²) in [6.07, 6.45) is 11.4. The van der Waals surface area contributed by atoms with Crippen LogP contribution >= 0.6 is 0 Å². The minimum atomic E-state index is 0.781. The number of nitrogens with zero attached hydrogens (tertiary/aromatic N) is 2. The van der Waals surface area contributed by atoms with Crippen LogP contribution in [-0.2, 0) is 6.54 Å². The van der Waals surface area contributed by atoms with Gasteiger partial charge in [0.1, 0.15) is 0 Å². The second-order valence-corrected chi connectivity index (χ2v) is 6.22. The Kier molecular flexibility index (Phi) is 3.07. The highest BCUT2D eigenvalue weighted by atomic mass is 15.0. The second-order valence-electron chi connectivity index (χ2n) is 6.22. The minimum absolute atomic E-state index is 0.781. The smallest absolute Gasteiger partial charge is 0.0991 e. The van der Waals surface area contributed by atoms with Crippen molar-refractivity contribution in [1.82, 2.24) is 14.9 Å². The van der Waals surface area contributed by atoms with E-state index in [4.69, 9.17) is 0 Å². The summed E-state index contributed by atoms with van der Waals surface area (Å²) < 4.78 is 2.04. The first-order valence-electron chi connectivity index (χ1n) is 7.71. The van der Waals surface area contributed by atoms with E-state index in [1.54, 1.807) is 0 Å². The maximum absolute atomic E-state index is 4.08. The summed E-state index contributed by atoms with van der Waals surface area (Å²) in [6.45, 7) is 1.00. The van der Waals surface area contributed by atoms with Gasteiger partial charge in [0.05, 0.1) is 6.33 Å². The first-order valence-corrected chi connectivity index (χ1v) is 7.71. The molecule has 0 spiro atoms. The Bertz CT molecular complexity index is 538. The van der Waals surface area contributed by atoms with Gasteiger partial charge in [-0.2, -0.15) is 0 Å². The van der Waals surface area contributed by atoms with Crippen molar-refractivity contribution in [1.29, 1.82) is 0 Å². The quantitative estimate of drug-likeness (QED) is 0.871. The average molecular weight is 267 g/mol. The van der Waals surface area contributed by atoms with Crippen LogP contribution in [0.5, 0.6) is 0 Å². The number of hydrogen-bond acceptors (Lipinski definition) is 2. The van der Waals surface area contributed by atoms with Crippen LogP contribution in [0.3, 0.4) is 0 Å². The van der Waals surface area contributed by atoms with Crippen LogP contribution in [0.4, 0.5) is 0 Å². The highest BCUT2D eigenvalue weighted by molar-refractivity contribution is 5.34. The lowest BCUT2D eigenvalue weighted by atomic mass is 10.1. The highest BCUT2D eigenvalue weighted by Gasteiger charge is 2.40. The molecule has 0 atom stereocenters. The summed E-state index contributed by atoms with van der Waals surface area (Å²) in [5, 5.41) is 3.79. The third kappa shape index (κ3) is 2.63. The topological polar surface area (TPSA) is 29.9 Å². The molecule has 1 aromatic carbocycles. The summed E-state index contributed by atoms with van der Waals surface area (Å²) >= 11 is 0. The Labute approximate surface area is 120 Å². The molecular weight excluding hydrogens is 246 g/mol. The molecule has 3 heteroatoms. The average Bonchev–Trinajstić information content (AvgIpc) is 3.41. The van der Waals surface area contributed by atoms with Crippen LogP contribution in [0, 0.1) is 11.8 Å². The molecule has 1 heterocycles. The Morgan fingerprint density at radius 1 is 1.10 bits per heavy atom. The van der Waals surface area contributed by atoms with E-state index in [0.29, 0.717) is 0 Å². The summed E-state index contributed by atoms with van der Waals surface area (Å²) in [5.74, 6) is 1.93. The Morgan fingerprint density at radius 2 is 1.80 bits per heavy atom. The third-order valence-electron chi connectivity index (χ3n) is 4.54. The molecule has 2 fully saturated rings. The lowest BCUT2D eigenvalue weighted by Crippen LogP contribution is -2.32. The zero-order chi connectivity index (χ0) is 13.4. The van der Waals surface area contributed by atoms with Crippen LogP contribution in [0.1, 0.15) is 31.2 Å². The van der Waals surface area contributed by atoms with E-state index in [1.165, 1.54) is 36.9 Å². The van der Waals surface area contributed by atoms with E-state index in [0.717, 1.165) is 24.4 Å². The van der Waals surface area contributed by atoms with Crippen LogP contribution in [0.25, 0.3) is 5.69 Å². The van der Waals surface area contributed by atoms with Crippen LogP contribution in [0.15, 0.2) is 43.0 Å². The number of nitrogens with one attached hydrogen (secondary N) is 1. The number of benzene rings is 1. The van der Waals surface area contributed by atoms with Gasteiger partial charge in [0, 0.05) is 30.7 Å². The first kappa shape index (κ1) is 12.2. The monoisotopic (exact) mass is 267 g/mol. The molecule has 20 heavy (non-hydrogen) atoms. The fourth-order valence-electron chi connectivity index (χ4n) is 3.06. The van der Waals surface area contributed by atoms with E-state index in [-0.39, 0.29) is 0 Å². The molecule has 1 N–H and O–H groups in total. The van der Waals surface area contributed by atoms with Crippen molar-refractivity contribution in [3.63, 3.8) is 0 Å². The molecule has 104 valence electrons. The van der Waals surface area contributed by atoms with Gasteiger partial charge in [-0.05, 0) is 55.2 Å². The lowest BCUT2D eigenvalue weighted by molar-refractivity contribution is 0.416. The summed E-state index contributed by atoms with van der Waals surface area (Å²) in [5.41, 5.74) is 2.55. The van der Waals surface area contributed by atoms with Gasteiger partial charge in [0.15, 0.2) is 0 Å². The predicted molar refractivity (Wildman–Crippen MR) is 79.6 cm³/mol. The Morgan fingerprint density at radius 3 is 2.35 bits per heavy atom. The zero-order valence-electron chi connectivity index (χ0n) is 11.7. The zero-order valence-corrected chi connectivity index (χ0v) is 11.7. The number of rotatable bonds is 6. The van der Waals surface area contributed by atoms with Crippen molar-refractivity contribution in [2.75, 3.05) is 0 Å². The van der Waals surface area contributed by atoms with E-state index in [2.05, 4.69) is 34.6 Å². The van der Waals surface area contributed by atoms with Crippen LogP contribution in [-0.4, -0.2) is 15.6 Å². The van der Waals surface area contributed by atoms with E-state index in [9.17, 15) is 0 Å². The van der Waals surface area contributed by atoms with Gasteiger partial charge >= 0.3 is 0 Å². The van der Waals surface area contributed by atoms with Crippen molar-refractivity contribution in [2.24, 2.45) is 11.8 Å². The molecule has 0 amide bonds. The molecule has 4 rings (SSSR count). The van der Waals surface area contributed by atoms with Crippen molar-refractivity contribution >= 4 is 0 Å². The molecule has 0 aliphatic heterocycles. The number of imidazole rings is 1. The summed E-state index contributed by atoms with van der Waals surface area (Å²) in [4.78, 5) is 4.08. The first-order chi connectivity index (χ1) is 9.90. The second kappa shape index (κ2) is 5.06. The SMILES string of the molecule is c1cn(-c2ccc(CNC(C3CC3)C3CC3)cc2)cn1. The molecule has 2 aromatic rings. The van der Waals surface area contributed by atoms with Gasteiger partial charge in [-0.25, -0.2) is 4.98 Å². The maximum atomic E-state index is 4.08. The van der Waals surface area contributed by atoms with Gasteiger partial charge in [-0.3, -0.25) is 0 Å². The van der Waals surface area contributed by atoms with E-state index in [1.807, 2.05) is 23.3 Å². The summed E-state index contributed by atoms with van der Waals surface area (Å²) in [7, 11) is 0. The molecule has 2 aliphatic rings. The fraction of sp³-hybridized carbons (Fsp3) is 0.471. The number of aromatic nitrogens is 2. The summed E-state index contributed by atoms with van der Waals surface area (Å²) in [6, 6.07) is 9.56. The molecule has 2 aliphatic carbocycles. The van der Waals surface area contributed by atoms with Gasteiger partial charge in [-0.1, -0.05) is 12.1 Å². The van der Waals surface area contributed by atoms with Crippen LogP contribution < -0.4 is 5.32 Å².